The van der Waals surface area contributed by atoms with Crippen molar-refractivity contribution < 1.29 is 14.7 Å². The minimum absolute atomic E-state index is 0.277. The summed E-state index contributed by atoms with van der Waals surface area (Å²) in [6, 6.07) is 6.64. The van der Waals surface area contributed by atoms with E-state index in [9.17, 15) is 9.59 Å². The summed E-state index contributed by atoms with van der Waals surface area (Å²) >= 11 is 1.17. The number of aromatic carboxylic acids is 1. The Bertz CT molecular complexity index is 548. The van der Waals surface area contributed by atoms with Crippen molar-refractivity contribution >= 4 is 23.6 Å². The molecule has 2 aromatic rings. The third-order valence-corrected chi connectivity index (χ3v) is 3.13. The average molecular weight is 233 g/mol. The van der Waals surface area contributed by atoms with Crippen molar-refractivity contribution in [3.63, 3.8) is 0 Å². The predicted octanol–water partition coefficient (Wildman–Crippen LogP) is 2.32. The van der Waals surface area contributed by atoms with E-state index in [2.05, 4.69) is 4.98 Å². The van der Waals surface area contributed by atoms with Crippen molar-refractivity contribution in [2.24, 2.45) is 0 Å². The van der Waals surface area contributed by atoms with Gasteiger partial charge in [0, 0.05) is 11.1 Å². The predicted molar refractivity (Wildman–Crippen MR) is 59.9 cm³/mol. The van der Waals surface area contributed by atoms with Crippen LogP contribution in [-0.2, 0) is 0 Å². The highest BCUT2D eigenvalue weighted by molar-refractivity contribution is 7.17. The Balaban J connectivity index is 2.42. The Labute approximate surface area is 95.2 Å². The molecule has 2 rings (SSSR count). The first-order valence-electron chi connectivity index (χ1n) is 4.45. The normalized spacial score (nSPS) is 10.0. The van der Waals surface area contributed by atoms with E-state index in [-0.39, 0.29) is 4.88 Å². The van der Waals surface area contributed by atoms with Crippen molar-refractivity contribution in [3.8, 4) is 10.4 Å². The number of carbonyl (C=O) groups excluding carboxylic acids is 1. The molecule has 2 heterocycles. The summed E-state index contributed by atoms with van der Waals surface area (Å²) in [6.07, 6.45) is 2.19. The summed E-state index contributed by atoms with van der Waals surface area (Å²) in [5, 5.41) is 8.79. The highest BCUT2D eigenvalue weighted by Gasteiger charge is 2.08. The SMILES string of the molecule is O=Cc1cc(-c2ccc(C(=O)O)s2)ccn1. The summed E-state index contributed by atoms with van der Waals surface area (Å²) in [5.41, 5.74) is 1.14. The molecule has 0 saturated carbocycles. The van der Waals surface area contributed by atoms with Crippen LogP contribution in [0, 0.1) is 0 Å². The van der Waals surface area contributed by atoms with Crippen LogP contribution in [0.2, 0.25) is 0 Å². The Morgan fingerprint density at radius 2 is 2.19 bits per heavy atom. The van der Waals surface area contributed by atoms with Crippen LogP contribution in [-0.4, -0.2) is 22.3 Å². The molecule has 0 saturated heterocycles. The van der Waals surface area contributed by atoms with Crippen LogP contribution in [0.4, 0.5) is 0 Å². The molecule has 0 bridgehead atoms. The number of aromatic nitrogens is 1. The second-order valence-electron chi connectivity index (χ2n) is 3.06. The van der Waals surface area contributed by atoms with Gasteiger partial charge in [-0.05, 0) is 29.8 Å². The van der Waals surface area contributed by atoms with Crippen LogP contribution >= 0.6 is 11.3 Å². The van der Waals surface area contributed by atoms with Crippen LogP contribution in [0.15, 0.2) is 30.5 Å². The van der Waals surface area contributed by atoms with Crippen LogP contribution in [0.5, 0.6) is 0 Å². The summed E-state index contributed by atoms with van der Waals surface area (Å²) in [6.45, 7) is 0. The fourth-order valence-corrected chi connectivity index (χ4v) is 2.12. The van der Waals surface area contributed by atoms with Gasteiger partial charge in [-0.2, -0.15) is 0 Å². The fraction of sp³-hybridized carbons (Fsp3) is 0. The van der Waals surface area contributed by atoms with E-state index in [1.54, 1.807) is 24.3 Å². The second kappa shape index (κ2) is 4.24. The van der Waals surface area contributed by atoms with Crippen LogP contribution in [0.3, 0.4) is 0 Å². The first-order chi connectivity index (χ1) is 7.70. The first kappa shape index (κ1) is 10.5. The standard InChI is InChI=1S/C11H7NO3S/c13-6-8-5-7(3-4-12-8)9-1-2-10(16-9)11(14)15/h1-6H,(H,14,15). The van der Waals surface area contributed by atoms with Gasteiger partial charge in [-0.3, -0.25) is 9.78 Å². The van der Waals surface area contributed by atoms with Gasteiger partial charge in [0.2, 0.25) is 0 Å². The van der Waals surface area contributed by atoms with Gasteiger partial charge in [0.05, 0.1) is 0 Å². The molecule has 0 unspecified atom stereocenters. The smallest absolute Gasteiger partial charge is 0.345 e. The summed E-state index contributed by atoms with van der Waals surface area (Å²) in [4.78, 5) is 26.2. The molecule has 0 amide bonds. The summed E-state index contributed by atoms with van der Waals surface area (Å²) in [5.74, 6) is -0.944. The van der Waals surface area contributed by atoms with Crippen LogP contribution in [0.25, 0.3) is 10.4 Å². The average Bonchev–Trinajstić information content (AvgIpc) is 2.78. The number of thiophene rings is 1. The van der Waals surface area contributed by atoms with Crippen LogP contribution in [0.1, 0.15) is 20.2 Å². The highest BCUT2D eigenvalue weighted by Crippen LogP contribution is 2.27. The molecule has 1 N–H and O–H groups in total. The van der Waals surface area contributed by atoms with Crippen molar-refractivity contribution in [1.29, 1.82) is 0 Å². The van der Waals surface area contributed by atoms with Crippen molar-refractivity contribution in [3.05, 3.63) is 41.0 Å². The van der Waals surface area contributed by atoms with Gasteiger partial charge in [0.15, 0.2) is 6.29 Å². The third-order valence-electron chi connectivity index (χ3n) is 2.00. The molecule has 0 aromatic carbocycles. The molecule has 0 aliphatic carbocycles. The van der Waals surface area contributed by atoms with Gasteiger partial charge in [0.1, 0.15) is 10.6 Å². The number of nitrogens with zero attached hydrogens (tertiary/aromatic N) is 1. The van der Waals surface area contributed by atoms with Gasteiger partial charge in [-0.1, -0.05) is 0 Å². The minimum atomic E-state index is -0.944. The maximum Gasteiger partial charge on any atom is 0.345 e. The zero-order valence-electron chi connectivity index (χ0n) is 8.08. The Morgan fingerprint density at radius 1 is 1.38 bits per heavy atom. The number of aldehydes is 1. The first-order valence-corrected chi connectivity index (χ1v) is 5.27. The largest absolute Gasteiger partial charge is 0.477 e. The van der Waals surface area contributed by atoms with E-state index < -0.39 is 5.97 Å². The number of carbonyl (C=O) groups is 2. The molecular weight excluding hydrogens is 226 g/mol. The number of carboxylic acids is 1. The number of carboxylic acid groups (broad SMARTS) is 1. The molecule has 4 nitrogen and oxygen atoms in total. The lowest BCUT2D eigenvalue weighted by molar-refractivity contribution is 0.0702. The molecule has 0 fully saturated rings. The van der Waals surface area contributed by atoms with Gasteiger partial charge >= 0.3 is 5.97 Å². The topological polar surface area (TPSA) is 67.3 Å². The Kier molecular flexibility index (Phi) is 2.78. The molecule has 0 radical (unpaired) electrons. The molecule has 0 spiro atoms. The van der Waals surface area contributed by atoms with Gasteiger partial charge < -0.3 is 5.11 Å². The van der Waals surface area contributed by atoms with Crippen molar-refractivity contribution in [1.82, 2.24) is 4.98 Å². The van der Waals surface area contributed by atoms with E-state index in [0.29, 0.717) is 12.0 Å². The number of hydrogen-bond donors (Lipinski definition) is 1. The van der Waals surface area contributed by atoms with E-state index in [1.165, 1.54) is 17.5 Å². The monoisotopic (exact) mass is 233 g/mol. The molecule has 0 aliphatic heterocycles. The maximum atomic E-state index is 10.7. The lowest BCUT2D eigenvalue weighted by Gasteiger charge is -1.96. The third kappa shape index (κ3) is 1.99. The minimum Gasteiger partial charge on any atom is -0.477 e. The van der Waals surface area contributed by atoms with E-state index in [1.807, 2.05) is 0 Å². The van der Waals surface area contributed by atoms with Crippen LogP contribution < -0.4 is 0 Å². The van der Waals surface area contributed by atoms with Gasteiger partial charge in [-0.25, -0.2) is 4.79 Å². The zero-order valence-corrected chi connectivity index (χ0v) is 8.90. The number of rotatable bonds is 3. The quantitative estimate of drug-likeness (QED) is 0.826. The number of pyridine rings is 1. The molecule has 0 aliphatic rings. The van der Waals surface area contributed by atoms with E-state index in [4.69, 9.17) is 5.11 Å². The Morgan fingerprint density at radius 3 is 2.81 bits per heavy atom. The van der Waals surface area contributed by atoms with Crippen molar-refractivity contribution in [2.45, 2.75) is 0 Å². The van der Waals surface area contributed by atoms with E-state index >= 15 is 0 Å². The lowest BCUT2D eigenvalue weighted by atomic mass is 10.2. The van der Waals surface area contributed by atoms with Gasteiger partial charge in [0.25, 0.3) is 0 Å². The highest BCUT2D eigenvalue weighted by atomic mass is 32.1. The van der Waals surface area contributed by atoms with E-state index in [0.717, 1.165) is 10.4 Å². The summed E-state index contributed by atoms with van der Waals surface area (Å²) < 4.78 is 0. The fourth-order valence-electron chi connectivity index (χ4n) is 1.27. The zero-order chi connectivity index (χ0) is 11.5. The Hall–Kier alpha value is -2.01. The maximum absolute atomic E-state index is 10.7. The lowest BCUT2D eigenvalue weighted by Crippen LogP contribution is -1.89. The molecule has 5 heteroatoms. The molecular formula is C11H7NO3S. The molecule has 16 heavy (non-hydrogen) atoms. The number of hydrogen-bond acceptors (Lipinski definition) is 4. The molecule has 0 atom stereocenters. The molecule has 80 valence electrons. The summed E-state index contributed by atoms with van der Waals surface area (Å²) in [7, 11) is 0. The van der Waals surface area contributed by atoms with Crippen molar-refractivity contribution in [2.75, 3.05) is 0 Å². The van der Waals surface area contributed by atoms with Gasteiger partial charge in [-0.15, -0.1) is 11.3 Å². The second-order valence-corrected chi connectivity index (χ2v) is 4.14. The molecule has 2 aromatic heterocycles.